The molecule has 100 valence electrons. The van der Waals surface area contributed by atoms with Crippen LogP contribution in [0, 0.1) is 11.3 Å². The van der Waals surface area contributed by atoms with Gasteiger partial charge in [0.25, 0.3) is 0 Å². The van der Waals surface area contributed by atoms with Crippen LogP contribution in [0.25, 0.3) is 0 Å². The molecule has 1 N–H and O–H groups in total. The van der Waals surface area contributed by atoms with Gasteiger partial charge in [0.2, 0.25) is 0 Å². The van der Waals surface area contributed by atoms with Crippen LogP contribution >= 0.6 is 11.6 Å². The molecule has 19 heavy (non-hydrogen) atoms. The average Bonchev–Trinajstić information content (AvgIpc) is 2.77. The van der Waals surface area contributed by atoms with E-state index in [0.29, 0.717) is 18.5 Å². The van der Waals surface area contributed by atoms with Crippen LogP contribution in [-0.4, -0.2) is 18.8 Å². The zero-order valence-electron chi connectivity index (χ0n) is 11.5. The fourth-order valence-electron chi connectivity index (χ4n) is 4.22. The molecule has 5 bridgehead atoms. The molecule has 2 aliphatic carbocycles. The van der Waals surface area contributed by atoms with Crippen molar-refractivity contribution in [1.29, 1.82) is 0 Å². The molecule has 0 saturated carbocycles. The second-order valence-corrected chi connectivity index (χ2v) is 6.92. The molecule has 2 aliphatic heterocycles. The minimum Gasteiger partial charge on any atom is -0.385 e. The molecule has 3 heteroatoms. The molecule has 0 fully saturated rings. The number of rotatable bonds is 0. The Morgan fingerprint density at radius 3 is 3.11 bits per heavy atom. The largest absolute Gasteiger partial charge is 0.385 e. The third kappa shape index (κ3) is 1.47. The summed E-state index contributed by atoms with van der Waals surface area (Å²) in [6.45, 7) is 5.35. The second kappa shape index (κ2) is 3.76. The summed E-state index contributed by atoms with van der Waals surface area (Å²) in [4.78, 5) is 4.59. The third-order valence-corrected chi connectivity index (χ3v) is 5.75. The predicted octanol–water partition coefficient (Wildman–Crippen LogP) is 3.56. The van der Waals surface area contributed by atoms with Gasteiger partial charge in [-0.15, -0.1) is 0 Å². The Hall–Kier alpha value is -1.02. The summed E-state index contributed by atoms with van der Waals surface area (Å²) in [6.07, 6.45) is 7.81. The minimum absolute atomic E-state index is 0.0782. The van der Waals surface area contributed by atoms with Gasteiger partial charge in [0.15, 0.2) is 0 Å². The highest BCUT2D eigenvalue weighted by Gasteiger charge is 2.47. The van der Waals surface area contributed by atoms with Crippen molar-refractivity contribution in [3.05, 3.63) is 33.5 Å². The Balaban J connectivity index is 2.03. The first-order chi connectivity index (χ1) is 9.09. The molecule has 0 amide bonds. The van der Waals surface area contributed by atoms with Gasteiger partial charge >= 0.3 is 0 Å². The first kappa shape index (κ1) is 11.8. The van der Waals surface area contributed by atoms with E-state index < -0.39 is 0 Å². The van der Waals surface area contributed by atoms with Gasteiger partial charge in [0, 0.05) is 28.4 Å². The molecule has 0 saturated heterocycles. The number of nitrogens with zero attached hydrogens (tertiary/aromatic N) is 1. The molecule has 4 aliphatic rings. The fraction of sp³-hybridized carbons (Fsp3) is 0.562. The van der Waals surface area contributed by atoms with Crippen LogP contribution in [-0.2, 0) is 0 Å². The molecule has 2 heterocycles. The van der Waals surface area contributed by atoms with E-state index in [2.05, 4.69) is 36.4 Å². The molecular formula is C16H19ClN2. The van der Waals surface area contributed by atoms with E-state index in [-0.39, 0.29) is 5.41 Å². The number of aliphatic imine (C=N–C) groups is 1. The Labute approximate surface area is 119 Å². The lowest BCUT2D eigenvalue weighted by Crippen LogP contribution is -2.43. The molecule has 0 spiro atoms. The van der Waals surface area contributed by atoms with Crippen molar-refractivity contribution in [3.8, 4) is 0 Å². The average molecular weight is 275 g/mol. The maximum absolute atomic E-state index is 6.32. The van der Waals surface area contributed by atoms with Gasteiger partial charge in [0.1, 0.15) is 0 Å². The van der Waals surface area contributed by atoms with Gasteiger partial charge in [-0.25, -0.2) is 0 Å². The monoisotopic (exact) mass is 274 g/mol. The number of hydrogen-bond donors (Lipinski definition) is 1. The van der Waals surface area contributed by atoms with E-state index in [0.717, 1.165) is 24.3 Å². The van der Waals surface area contributed by atoms with Gasteiger partial charge in [-0.05, 0) is 42.4 Å². The van der Waals surface area contributed by atoms with E-state index in [1.165, 1.54) is 16.8 Å². The number of nitrogens with one attached hydrogen (secondary N) is 1. The molecule has 4 rings (SSSR count). The van der Waals surface area contributed by atoms with E-state index >= 15 is 0 Å². The molecule has 0 radical (unpaired) electrons. The van der Waals surface area contributed by atoms with Crippen molar-refractivity contribution in [2.45, 2.75) is 39.2 Å². The Morgan fingerprint density at radius 1 is 1.42 bits per heavy atom. The first-order valence-corrected chi connectivity index (χ1v) is 7.57. The summed E-state index contributed by atoms with van der Waals surface area (Å²) in [5.74, 6) is 0.571. The minimum atomic E-state index is 0.0782. The van der Waals surface area contributed by atoms with Gasteiger partial charge in [-0.2, -0.15) is 0 Å². The van der Waals surface area contributed by atoms with Crippen molar-refractivity contribution >= 4 is 17.8 Å². The van der Waals surface area contributed by atoms with Crippen LogP contribution in [0.1, 0.15) is 33.1 Å². The summed E-state index contributed by atoms with van der Waals surface area (Å²) in [5, 5.41) is 4.62. The standard InChI is InChI=1S/C16H19ClN2/c1-9-15-6-12-11-5-10(17)7-18-8-16(9,2)13(11)3-4-14(12)19-15/h5,8-9,15,19H,3-4,6-7H2,1-2H3/b10-5+,18-8?. The SMILES string of the molecule is CC1C2CC3=C(CCC4=C3/C=C(/Cl)CN=CC41C)N2. The molecule has 3 unspecified atom stereocenters. The zero-order chi connectivity index (χ0) is 13.2. The number of fused-ring (bicyclic) bond motifs is 1. The Bertz CT molecular complexity index is 582. The third-order valence-electron chi connectivity index (χ3n) is 5.53. The smallest absolute Gasteiger partial charge is 0.0743 e. The molecule has 0 aromatic carbocycles. The maximum atomic E-state index is 6.32. The Kier molecular flexibility index (Phi) is 2.33. The number of halogens is 1. The lowest BCUT2D eigenvalue weighted by molar-refractivity contribution is 0.277. The highest BCUT2D eigenvalue weighted by molar-refractivity contribution is 6.30. The zero-order valence-corrected chi connectivity index (χ0v) is 12.2. The summed E-state index contributed by atoms with van der Waals surface area (Å²) >= 11 is 6.32. The number of allylic oxidation sites excluding steroid dienone is 4. The van der Waals surface area contributed by atoms with Crippen LogP contribution in [0.15, 0.2) is 38.5 Å². The second-order valence-electron chi connectivity index (χ2n) is 6.44. The molecule has 3 atom stereocenters. The van der Waals surface area contributed by atoms with Crippen molar-refractivity contribution in [2.75, 3.05) is 6.54 Å². The van der Waals surface area contributed by atoms with Crippen molar-refractivity contribution < 1.29 is 0 Å². The van der Waals surface area contributed by atoms with Gasteiger partial charge in [0.05, 0.1) is 6.54 Å². The van der Waals surface area contributed by atoms with Crippen molar-refractivity contribution in [2.24, 2.45) is 16.3 Å². The lowest BCUT2D eigenvalue weighted by Gasteiger charge is -2.42. The quantitative estimate of drug-likeness (QED) is 0.718. The van der Waals surface area contributed by atoms with Crippen LogP contribution in [0.2, 0.25) is 0 Å². The van der Waals surface area contributed by atoms with Crippen molar-refractivity contribution in [3.63, 3.8) is 0 Å². The molecular weight excluding hydrogens is 256 g/mol. The van der Waals surface area contributed by atoms with Gasteiger partial charge < -0.3 is 5.32 Å². The predicted molar refractivity (Wildman–Crippen MR) is 79.4 cm³/mol. The first-order valence-electron chi connectivity index (χ1n) is 7.19. The van der Waals surface area contributed by atoms with Crippen LogP contribution < -0.4 is 5.32 Å². The van der Waals surface area contributed by atoms with E-state index in [4.69, 9.17) is 11.6 Å². The normalized spacial score (nSPS) is 42.6. The van der Waals surface area contributed by atoms with Gasteiger partial charge in [-0.3, -0.25) is 4.99 Å². The van der Waals surface area contributed by atoms with Crippen molar-refractivity contribution in [1.82, 2.24) is 5.32 Å². The van der Waals surface area contributed by atoms with E-state index in [9.17, 15) is 0 Å². The number of hydrogen-bond acceptors (Lipinski definition) is 2. The van der Waals surface area contributed by atoms with E-state index in [1.807, 2.05) is 0 Å². The van der Waals surface area contributed by atoms with Gasteiger partial charge in [-0.1, -0.05) is 31.0 Å². The highest BCUT2D eigenvalue weighted by Crippen LogP contribution is 2.53. The fourth-order valence-corrected chi connectivity index (χ4v) is 4.39. The van der Waals surface area contributed by atoms with Crippen LogP contribution in [0.5, 0.6) is 0 Å². The summed E-state index contributed by atoms with van der Waals surface area (Å²) in [6, 6.07) is 0.555. The van der Waals surface area contributed by atoms with E-state index in [1.54, 1.807) is 5.57 Å². The summed E-state index contributed by atoms with van der Waals surface area (Å²) in [5.41, 5.74) is 6.05. The lowest BCUT2D eigenvalue weighted by atomic mass is 9.67. The Morgan fingerprint density at radius 2 is 2.26 bits per heavy atom. The topological polar surface area (TPSA) is 24.4 Å². The highest BCUT2D eigenvalue weighted by atomic mass is 35.5. The molecule has 0 aromatic heterocycles. The van der Waals surface area contributed by atoms with Crippen LogP contribution in [0.4, 0.5) is 0 Å². The summed E-state index contributed by atoms with van der Waals surface area (Å²) < 4.78 is 0. The van der Waals surface area contributed by atoms with Crippen LogP contribution in [0.3, 0.4) is 0 Å². The molecule has 2 nitrogen and oxygen atoms in total. The molecule has 0 aromatic rings. The maximum Gasteiger partial charge on any atom is 0.0743 e. The summed E-state index contributed by atoms with van der Waals surface area (Å²) in [7, 11) is 0.